The van der Waals surface area contributed by atoms with Gasteiger partial charge in [-0.1, -0.05) is 0 Å². The second kappa shape index (κ2) is 7.13. The Hall–Kier alpha value is -1.96. The summed E-state index contributed by atoms with van der Waals surface area (Å²) >= 11 is 7.63. The molecule has 1 aliphatic heterocycles. The quantitative estimate of drug-likeness (QED) is 0.571. The molecule has 0 saturated heterocycles. The number of hydrogen-bond acceptors (Lipinski definition) is 5. The van der Waals surface area contributed by atoms with Gasteiger partial charge in [0.1, 0.15) is 5.75 Å². The molecule has 1 aromatic carbocycles. The van der Waals surface area contributed by atoms with Gasteiger partial charge >= 0.3 is 0 Å². The molecule has 1 fully saturated rings. The van der Waals surface area contributed by atoms with Gasteiger partial charge < -0.3 is 9.30 Å². The van der Waals surface area contributed by atoms with Crippen LogP contribution >= 0.6 is 23.6 Å². The smallest absolute Gasteiger partial charge is 0.199 e. The van der Waals surface area contributed by atoms with Crippen LogP contribution in [0.2, 0.25) is 0 Å². The Morgan fingerprint density at radius 1 is 1.21 bits per heavy atom. The topological polar surface area (TPSA) is 35.2 Å². The SMILES string of the molecule is COc1ccc(-c2nn(CN3CCc4sccc4[C@H]3C3CC3)c(=S)n2C)cc1. The van der Waals surface area contributed by atoms with E-state index in [-0.39, 0.29) is 0 Å². The summed E-state index contributed by atoms with van der Waals surface area (Å²) in [5, 5.41) is 7.13. The lowest BCUT2D eigenvalue weighted by molar-refractivity contribution is 0.117. The van der Waals surface area contributed by atoms with Crippen LogP contribution in [0.25, 0.3) is 11.4 Å². The van der Waals surface area contributed by atoms with Crippen molar-refractivity contribution in [2.75, 3.05) is 13.7 Å². The molecule has 0 N–H and O–H groups in total. The van der Waals surface area contributed by atoms with E-state index in [2.05, 4.69) is 16.3 Å². The number of methoxy groups -OCH3 is 1. The molecule has 0 unspecified atom stereocenters. The van der Waals surface area contributed by atoms with Gasteiger partial charge in [0.2, 0.25) is 0 Å². The molecule has 0 bridgehead atoms. The molecule has 0 amide bonds. The van der Waals surface area contributed by atoms with Gasteiger partial charge in [0.15, 0.2) is 10.6 Å². The van der Waals surface area contributed by atoms with Gasteiger partial charge in [-0.15, -0.1) is 11.3 Å². The molecule has 3 aromatic rings. The second-order valence-corrected chi connectivity index (χ2v) is 9.04. The van der Waals surface area contributed by atoms with Crippen molar-refractivity contribution in [2.24, 2.45) is 13.0 Å². The molecular formula is C21H24N4OS2. The zero-order valence-electron chi connectivity index (χ0n) is 16.2. The van der Waals surface area contributed by atoms with E-state index >= 15 is 0 Å². The Balaban J connectivity index is 1.45. The van der Waals surface area contributed by atoms with Gasteiger partial charge in [-0.25, -0.2) is 4.68 Å². The molecule has 7 heteroatoms. The first-order valence-electron chi connectivity index (χ1n) is 9.74. The normalized spacial score (nSPS) is 19.6. The van der Waals surface area contributed by atoms with Crippen LogP contribution in [0, 0.1) is 10.7 Å². The van der Waals surface area contributed by atoms with Gasteiger partial charge in [0, 0.05) is 30.1 Å². The van der Waals surface area contributed by atoms with Crippen LogP contribution in [0.15, 0.2) is 35.7 Å². The maximum Gasteiger partial charge on any atom is 0.199 e. The minimum absolute atomic E-state index is 0.517. The number of fused-ring (bicyclic) bond motifs is 1. The van der Waals surface area contributed by atoms with Crippen molar-refractivity contribution >= 4 is 23.6 Å². The van der Waals surface area contributed by atoms with Crippen molar-refractivity contribution in [1.82, 2.24) is 19.2 Å². The van der Waals surface area contributed by atoms with Gasteiger partial charge in [-0.05, 0) is 78.7 Å². The lowest BCUT2D eigenvalue weighted by Gasteiger charge is -2.35. The third-order valence-electron chi connectivity index (χ3n) is 5.89. The van der Waals surface area contributed by atoms with E-state index in [1.807, 2.05) is 51.9 Å². The highest BCUT2D eigenvalue weighted by Gasteiger charge is 2.40. The minimum Gasteiger partial charge on any atom is -0.497 e. The number of benzene rings is 1. The maximum absolute atomic E-state index is 5.73. The first-order valence-corrected chi connectivity index (χ1v) is 11.0. The van der Waals surface area contributed by atoms with Crippen LogP contribution in [0.1, 0.15) is 29.3 Å². The predicted molar refractivity (Wildman–Crippen MR) is 114 cm³/mol. The molecule has 2 aromatic heterocycles. The largest absolute Gasteiger partial charge is 0.497 e. The molecule has 1 saturated carbocycles. The van der Waals surface area contributed by atoms with E-state index in [0.29, 0.717) is 6.04 Å². The van der Waals surface area contributed by atoms with E-state index in [4.69, 9.17) is 22.1 Å². The molecule has 0 spiro atoms. The Kier molecular flexibility index (Phi) is 4.61. The monoisotopic (exact) mass is 412 g/mol. The standard InChI is InChI=1S/C21H24N4OS2/c1-23-20(15-5-7-16(26-2)8-6-15)22-25(21(23)27)13-24-11-9-18-17(10-12-28-18)19(24)14-3-4-14/h5-8,10,12,14,19H,3-4,9,11,13H2,1-2H3/t19-/m1/s1. The number of nitrogens with zero attached hydrogens (tertiary/aromatic N) is 4. The van der Waals surface area contributed by atoms with Crippen molar-refractivity contribution in [3.63, 3.8) is 0 Å². The Bertz CT molecular complexity index is 1050. The maximum atomic E-state index is 5.73. The highest BCUT2D eigenvalue weighted by atomic mass is 32.1. The van der Waals surface area contributed by atoms with E-state index in [1.165, 1.54) is 18.4 Å². The van der Waals surface area contributed by atoms with Gasteiger partial charge in [-0.3, -0.25) is 4.90 Å². The summed E-state index contributed by atoms with van der Waals surface area (Å²) in [6.45, 7) is 1.82. The molecule has 5 rings (SSSR count). The molecule has 1 atom stereocenters. The molecule has 28 heavy (non-hydrogen) atoms. The second-order valence-electron chi connectivity index (χ2n) is 7.68. The first-order chi connectivity index (χ1) is 13.7. The van der Waals surface area contributed by atoms with Crippen LogP contribution in [0.5, 0.6) is 5.75 Å². The van der Waals surface area contributed by atoms with Crippen LogP contribution in [0.3, 0.4) is 0 Å². The Morgan fingerprint density at radius 3 is 2.71 bits per heavy atom. The van der Waals surface area contributed by atoms with E-state index in [1.54, 1.807) is 12.0 Å². The zero-order chi connectivity index (χ0) is 19.3. The third kappa shape index (κ3) is 3.11. The number of rotatable bonds is 5. The molecule has 146 valence electrons. The van der Waals surface area contributed by atoms with Crippen molar-refractivity contribution in [2.45, 2.75) is 32.0 Å². The van der Waals surface area contributed by atoms with E-state index < -0.39 is 0 Å². The first kappa shape index (κ1) is 18.1. The molecular weight excluding hydrogens is 388 g/mol. The highest BCUT2D eigenvalue weighted by Crippen LogP contribution is 2.48. The van der Waals surface area contributed by atoms with Crippen molar-refractivity contribution in [3.8, 4) is 17.1 Å². The fraction of sp³-hybridized carbons (Fsp3) is 0.429. The molecule has 2 aliphatic rings. The van der Waals surface area contributed by atoms with Crippen molar-refractivity contribution in [3.05, 3.63) is 50.9 Å². The average Bonchev–Trinajstić information content (AvgIpc) is 3.38. The summed E-state index contributed by atoms with van der Waals surface area (Å²) in [4.78, 5) is 4.14. The summed E-state index contributed by atoms with van der Waals surface area (Å²) in [5.41, 5.74) is 2.59. The fourth-order valence-electron chi connectivity index (χ4n) is 4.26. The number of ether oxygens (including phenoxy) is 1. The summed E-state index contributed by atoms with van der Waals surface area (Å²) in [7, 11) is 3.68. The zero-order valence-corrected chi connectivity index (χ0v) is 17.8. The molecule has 1 aliphatic carbocycles. The van der Waals surface area contributed by atoms with E-state index in [0.717, 1.165) is 47.5 Å². The predicted octanol–water partition coefficient (Wildman–Crippen LogP) is 4.66. The third-order valence-corrected chi connectivity index (χ3v) is 7.37. The lowest BCUT2D eigenvalue weighted by atomic mass is 9.96. The van der Waals surface area contributed by atoms with Crippen molar-refractivity contribution < 1.29 is 4.74 Å². The van der Waals surface area contributed by atoms with Crippen LogP contribution in [0.4, 0.5) is 0 Å². The summed E-state index contributed by atoms with van der Waals surface area (Å²) in [6.07, 6.45) is 3.80. The highest BCUT2D eigenvalue weighted by molar-refractivity contribution is 7.71. The van der Waals surface area contributed by atoms with Gasteiger partial charge in [0.05, 0.1) is 13.8 Å². The fourth-order valence-corrected chi connectivity index (χ4v) is 5.36. The van der Waals surface area contributed by atoms with E-state index in [9.17, 15) is 0 Å². The Labute approximate surface area is 174 Å². The number of hydrogen-bond donors (Lipinski definition) is 0. The van der Waals surface area contributed by atoms with Gasteiger partial charge in [0.25, 0.3) is 0 Å². The number of thiophene rings is 1. The van der Waals surface area contributed by atoms with Crippen molar-refractivity contribution in [1.29, 1.82) is 0 Å². The van der Waals surface area contributed by atoms with Gasteiger partial charge in [-0.2, -0.15) is 5.10 Å². The molecule has 0 radical (unpaired) electrons. The van der Waals surface area contributed by atoms with Crippen LogP contribution in [-0.4, -0.2) is 32.9 Å². The summed E-state index contributed by atoms with van der Waals surface area (Å²) in [6, 6.07) is 10.8. The molecule has 3 heterocycles. The van der Waals surface area contributed by atoms with Crippen LogP contribution < -0.4 is 4.74 Å². The summed E-state index contributed by atoms with van der Waals surface area (Å²) in [5.74, 6) is 2.52. The number of aromatic nitrogens is 3. The Morgan fingerprint density at radius 2 is 2.00 bits per heavy atom. The van der Waals surface area contributed by atoms with Crippen LogP contribution in [-0.2, 0) is 20.1 Å². The minimum atomic E-state index is 0.517. The average molecular weight is 413 g/mol. The lowest BCUT2D eigenvalue weighted by Crippen LogP contribution is -2.37. The summed E-state index contributed by atoms with van der Waals surface area (Å²) < 4.78 is 10.0. The molecule has 5 nitrogen and oxygen atoms in total.